The normalized spacial score (nSPS) is 11.1. The van der Waals surface area contributed by atoms with E-state index < -0.39 is 15.8 Å². The molecule has 0 fully saturated rings. The van der Waals surface area contributed by atoms with Crippen LogP contribution in [0, 0.1) is 0 Å². The van der Waals surface area contributed by atoms with Gasteiger partial charge in [0, 0.05) is 0 Å². The fourth-order valence-electron chi connectivity index (χ4n) is 1.74. The largest absolute Gasteiger partial charge is 0.465 e. The molecule has 0 amide bonds. The standard InChI is InChI=1S/C14H13NO4S/c1-19-14(16)10-7-8-12(15)13(9-10)20(17,18)11-5-3-2-4-6-11/h2-9H,15H2,1H3. The van der Waals surface area contributed by atoms with Crippen molar-refractivity contribution < 1.29 is 17.9 Å². The molecule has 0 spiro atoms. The molecule has 6 heteroatoms. The second kappa shape index (κ2) is 5.34. The minimum Gasteiger partial charge on any atom is -0.465 e. The predicted octanol–water partition coefficient (Wildman–Crippen LogP) is 1.89. The van der Waals surface area contributed by atoms with Gasteiger partial charge in [0.1, 0.15) is 0 Å². The van der Waals surface area contributed by atoms with Gasteiger partial charge in [-0.1, -0.05) is 18.2 Å². The monoisotopic (exact) mass is 291 g/mol. The van der Waals surface area contributed by atoms with Crippen LogP contribution in [0.3, 0.4) is 0 Å². The van der Waals surface area contributed by atoms with E-state index in [1.54, 1.807) is 18.2 Å². The molecule has 0 aromatic heterocycles. The molecule has 0 atom stereocenters. The SMILES string of the molecule is COC(=O)c1ccc(N)c(S(=O)(=O)c2ccccc2)c1. The van der Waals surface area contributed by atoms with Crippen LogP contribution in [0.15, 0.2) is 58.3 Å². The number of sulfone groups is 1. The topological polar surface area (TPSA) is 86.5 Å². The molecule has 0 saturated carbocycles. The molecular weight excluding hydrogens is 278 g/mol. The van der Waals surface area contributed by atoms with Gasteiger partial charge in [0.2, 0.25) is 9.84 Å². The van der Waals surface area contributed by atoms with Crippen LogP contribution >= 0.6 is 0 Å². The Morgan fingerprint density at radius 1 is 1.10 bits per heavy atom. The number of esters is 1. The maximum Gasteiger partial charge on any atom is 0.337 e. The third kappa shape index (κ3) is 2.50. The van der Waals surface area contributed by atoms with Gasteiger partial charge in [-0.25, -0.2) is 13.2 Å². The Morgan fingerprint density at radius 3 is 2.35 bits per heavy atom. The molecule has 0 saturated heterocycles. The quantitative estimate of drug-likeness (QED) is 0.689. The van der Waals surface area contributed by atoms with E-state index in [0.29, 0.717) is 0 Å². The van der Waals surface area contributed by atoms with Crippen molar-refractivity contribution in [2.75, 3.05) is 12.8 Å². The Bertz CT molecular complexity index is 739. The van der Waals surface area contributed by atoms with Crippen molar-refractivity contribution in [1.82, 2.24) is 0 Å². The molecule has 0 aliphatic carbocycles. The van der Waals surface area contributed by atoms with Crippen LogP contribution in [-0.2, 0) is 14.6 Å². The number of rotatable bonds is 3. The molecule has 5 nitrogen and oxygen atoms in total. The lowest BCUT2D eigenvalue weighted by Crippen LogP contribution is -2.09. The van der Waals surface area contributed by atoms with Crippen LogP contribution in [0.25, 0.3) is 0 Å². The summed E-state index contributed by atoms with van der Waals surface area (Å²) in [5.74, 6) is -0.616. The van der Waals surface area contributed by atoms with Gasteiger partial charge in [0.15, 0.2) is 0 Å². The summed E-state index contributed by atoms with van der Waals surface area (Å²) in [5.41, 5.74) is 5.94. The first-order chi connectivity index (χ1) is 9.46. The molecule has 0 aliphatic heterocycles. The number of methoxy groups -OCH3 is 1. The summed E-state index contributed by atoms with van der Waals surface area (Å²) in [6.07, 6.45) is 0. The van der Waals surface area contributed by atoms with Crippen LogP contribution in [0.1, 0.15) is 10.4 Å². The summed E-state index contributed by atoms with van der Waals surface area (Å²) in [6, 6.07) is 11.9. The van der Waals surface area contributed by atoms with Crippen LogP contribution in [0.5, 0.6) is 0 Å². The van der Waals surface area contributed by atoms with Crippen LogP contribution < -0.4 is 5.73 Å². The fraction of sp³-hybridized carbons (Fsp3) is 0.0714. The number of hydrogen-bond acceptors (Lipinski definition) is 5. The number of hydrogen-bond donors (Lipinski definition) is 1. The fourth-order valence-corrected chi connectivity index (χ4v) is 3.17. The van der Waals surface area contributed by atoms with E-state index in [1.807, 2.05) is 0 Å². The van der Waals surface area contributed by atoms with Crippen molar-refractivity contribution >= 4 is 21.5 Å². The average Bonchev–Trinajstić information content (AvgIpc) is 2.47. The number of benzene rings is 2. The summed E-state index contributed by atoms with van der Waals surface area (Å²) in [6.45, 7) is 0. The molecule has 104 valence electrons. The predicted molar refractivity (Wildman–Crippen MR) is 74.1 cm³/mol. The highest BCUT2D eigenvalue weighted by Crippen LogP contribution is 2.26. The average molecular weight is 291 g/mol. The number of ether oxygens (including phenoxy) is 1. The van der Waals surface area contributed by atoms with Gasteiger partial charge in [-0.3, -0.25) is 0 Å². The highest BCUT2D eigenvalue weighted by atomic mass is 32.2. The van der Waals surface area contributed by atoms with Crippen molar-refractivity contribution in [2.24, 2.45) is 0 Å². The van der Waals surface area contributed by atoms with E-state index in [2.05, 4.69) is 4.74 Å². The Hall–Kier alpha value is -2.34. The smallest absolute Gasteiger partial charge is 0.337 e. The molecule has 2 rings (SSSR count). The van der Waals surface area contributed by atoms with Gasteiger partial charge in [0.25, 0.3) is 0 Å². The second-order valence-electron chi connectivity index (χ2n) is 4.06. The number of carbonyl (C=O) groups is 1. The van der Waals surface area contributed by atoms with E-state index in [0.717, 1.165) is 0 Å². The van der Waals surface area contributed by atoms with Crippen LogP contribution in [0.2, 0.25) is 0 Å². The summed E-state index contributed by atoms with van der Waals surface area (Å²) in [4.78, 5) is 11.5. The molecule has 0 bridgehead atoms. The highest BCUT2D eigenvalue weighted by Gasteiger charge is 2.22. The summed E-state index contributed by atoms with van der Waals surface area (Å²) in [5, 5.41) is 0. The number of nitrogens with two attached hydrogens (primary N) is 1. The molecule has 0 heterocycles. The molecule has 2 N–H and O–H groups in total. The zero-order chi connectivity index (χ0) is 14.8. The van der Waals surface area contributed by atoms with Gasteiger partial charge in [0.05, 0.1) is 28.2 Å². The molecule has 0 unspecified atom stereocenters. The van der Waals surface area contributed by atoms with Gasteiger partial charge in [-0.05, 0) is 30.3 Å². The summed E-state index contributed by atoms with van der Waals surface area (Å²) in [7, 11) is -2.54. The zero-order valence-electron chi connectivity index (χ0n) is 10.7. The first-order valence-electron chi connectivity index (χ1n) is 5.75. The van der Waals surface area contributed by atoms with E-state index in [1.165, 1.54) is 37.4 Å². The van der Waals surface area contributed by atoms with Crippen molar-refractivity contribution in [3.8, 4) is 0 Å². The van der Waals surface area contributed by atoms with Crippen molar-refractivity contribution in [1.29, 1.82) is 0 Å². The summed E-state index contributed by atoms with van der Waals surface area (Å²) < 4.78 is 29.5. The van der Waals surface area contributed by atoms with Crippen molar-refractivity contribution in [2.45, 2.75) is 9.79 Å². The Labute approximate surface area is 116 Å². The number of anilines is 1. The molecule has 0 radical (unpaired) electrons. The van der Waals surface area contributed by atoms with Crippen LogP contribution in [-0.4, -0.2) is 21.5 Å². The molecule has 2 aromatic carbocycles. The number of carbonyl (C=O) groups excluding carboxylic acids is 1. The first-order valence-corrected chi connectivity index (χ1v) is 7.23. The number of nitrogen functional groups attached to an aromatic ring is 1. The second-order valence-corrected chi connectivity index (χ2v) is 5.98. The third-order valence-corrected chi connectivity index (χ3v) is 4.60. The summed E-state index contributed by atoms with van der Waals surface area (Å²) >= 11 is 0. The Kier molecular flexibility index (Phi) is 3.76. The molecular formula is C14H13NO4S. The molecule has 0 aliphatic rings. The molecule has 20 heavy (non-hydrogen) atoms. The minimum absolute atomic E-state index is 0.0847. The van der Waals surface area contributed by atoms with E-state index in [9.17, 15) is 13.2 Å². The maximum atomic E-state index is 12.5. The highest BCUT2D eigenvalue weighted by molar-refractivity contribution is 7.91. The van der Waals surface area contributed by atoms with Gasteiger partial charge in [-0.15, -0.1) is 0 Å². The lowest BCUT2D eigenvalue weighted by molar-refractivity contribution is 0.0600. The molecule has 2 aromatic rings. The minimum atomic E-state index is -3.77. The maximum absolute atomic E-state index is 12.5. The van der Waals surface area contributed by atoms with Gasteiger partial charge in [-0.2, -0.15) is 0 Å². The van der Waals surface area contributed by atoms with E-state index in [4.69, 9.17) is 5.73 Å². The van der Waals surface area contributed by atoms with Crippen LogP contribution in [0.4, 0.5) is 5.69 Å². The van der Waals surface area contributed by atoms with Gasteiger partial charge >= 0.3 is 5.97 Å². The van der Waals surface area contributed by atoms with Crippen molar-refractivity contribution in [3.05, 3.63) is 54.1 Å². The van der Waals surface area contributed by atoms with E-state index >= 15 is 0 Å². The Morgan fingerprint density at radius 2 is 1.75 bits per heavy atom. The zero-order valence-corrected chi connectivity index (χ0v) is 11.6. The first kappa shape index (κ1) is 14.1. The van der Waals surface area contributed by atoms with Gasteiger partial charge < -0.3 is 10.5 Å². The lowest BCUT2D eigenvalue weighted by Gasteiger charge is -2.09. The Balaban J connectivity index is 2.60. The third-order valence-electron chi connectivity index (χ3n) is 2.78. The van der Waals surface area contributed by atoms with Crippen molar-refractivity contribution in [3.63, 3.8) is 0 Å². The lowest BCUT2D eigenvalue weighted by atomic mass is 10.2. The van der Waals surface area contributed by atoms with E-state index in [-0.39, 0.29) is 21.0 Å².